The highest BCUT2D eigenvalue weighted by molar-refractivity contribution is 6.34. The van der Waals surface area contributed by atoms with Crippen LogP contribution in [0.25, 0.3) is 5.65 Å². The lowest BCUT2D eigenvalue weighted by molar-refractivity contribution is 0.0663. The molecule has 2 heterocycles. The van der Waals surface area contributed by atoms with Gasteiger partial charge in [-0.05, 0) is 71.4 Å². The van der Waals surface area contributed by atoms with Crippen LogP contribution >= 0.6 is 11.6 Å². The van der Waals surface area contributed by atoms with Gasteiger partial charge in [-0.1, -0.05) is 66.6 Å². The van der Waals surface area contributed by atoms with Gasteiger partial charge in [0.05, 0.1) is 12.2 Å². The Morgan fingerprint density at radius 2 is 1.68 bits per heavy atom. The van der Waals surface area contributed by atoms with E-state index in [0.717, 1.165) is 30.5 Å². The molecule has 0 radical (unpaired) electrons. The van der Waals surface area contributed by atoms with E-state index in [1.807, 2.05) is 66.4 Å². The van der Waals surface area contributed by atoms with Gasteiger partial charge < -0.3 is 9.80 Å². The van der Waals surface area contributed by atoms with Crippen molar-refractivity contribution >= 4 is 23.2 Å². The van der Waals surface area contributed by atoms with Gasteiger partial charge >= 0.3 is 5.69 Å². The molecule has 0 fully saturated rings. The van der Waals surface area contributed by atoms with Crippen molar-refractivity contribution < 1.29 is 4.79 Å². The Labute approximate surface area is 241 Å². The van der Waals surface area contributed by atoms with E-state index in [2.05, 4.69) is 31.0 Å². The van der Waals surface area contributed by atoms with Crippen molar-refractivity contribution in [3.05, 3.63) is 98.3 Å². The van der Waals surface area contributed by atoms with Crippen LogP contribution in [0.2, 0.25) is 5.02 Å². The summed E-state index contributed by atoms with van der Waals surface area (Å²) >= 11 is 6.52. The van der Waals surface area contributed by atoms with Gasteiger partial charge in [-0.25, -0.2) is 9.78 Å². The molecule has 40 heavy (non-hydrogen) atoms. The van der Waals surface area contributed by atoms with Crippen LogP contribution in [0, 0.1) is 13.8 Å². The maximum atomic E-state index is 13.9. The highest BCUT2D eigenvalue weighted by Gasteiger charge is 2.27. The maximum absolute atomic E-state index is 13.9. The van der Waals surface area contributed by atoms with Gasteiger partial charge in [0.25, 0.3) is 5.91 Å². The van der Waals surface area contributed by atoms with E-state index in [9.17, 15) is 9.59 Å². The Hall–Kier alpha value is -3.49. The van der Waals surface area contributed by atoms with E-state index < -0.39 is 0 Å². The number of aromatic nitrogens is 4. The first kappa shape index (κ1) is 29.5. The predicted molar refractivity (Wildman–Crippen MR) is 160 cm³/mol. The van der Waals surface area contributed by atoms with Crippen LogP contribution in [0.3, 0.4) is 0 Å². The lowest BCUT2D eigenvalue weighted by Gasteiger charge is -2.32. The summed E-state index contributed by atoms with van der Waals surface area (Å²) in [5.41, 5.74) is 3.36. The fraction of sp³-hybridized carbons (Fsp3) is 0.419. The monoisotopic (exact) mass is 562 g/mol. The van der Waals surface area contributed by atoms with E-state index in [1.165, 1.54) is 4.52 Å². The average molecular weight is 563 g/mol. The highest BCUT2D eigenvalue weighted by Crippen LogP contribution is 2.21. The van der Waals surface area contributed by atoms with Gasteiger partial charge in [0, 0.05) is 24.6 Å². The number of carbonyl (C=O) groups is 1. The summed E-state index contributed by atoms with van der Waals surface area (Å²) in [5.74, 6) is 0.581. The molecule has 0 aliphatic carbocycles. The van der Waals surface area contributed by atoms with E-state index in [4.69, 9.17) is 16.6 Å². The molecule has 0 saturated heterocycles. The highest BCUT2D eigenvalue weighted by atomic mass is 35.5. The molecule has 1 atom stereocenters. The molecule has 9 heteroatoms. The molecule has 4 rings (SSSR count). The van der Waals surface area contributed by atoms with E-state index >= 15 is 0 Å². The Balaban J connectivity index is 1.74. The second-order valence-electron chi connectivity index (χ2n) is 10.7. The molecule has 2 aromatic carbocycles. The first-order valence-electron chi connectivity index (χ1n) is 13.9. The van der Waals surface area contributed by atoms with Crippen molar-refractivity contribution in [3.63, 3.8) is 0 Å². The van der Waals surface area contributed by atoms with Crippen LogP contribution in [0.5, 0.6) is 0 Å². The van der Waals surface area contributed by atoms with Crippen molar-refractivity contribution in [1.29, 1.82) is 0 Å². The molecule has 2 aromatic heterocycles. The van der Waals surface area contributed by atoms with Crippen LogP contribution in [-0.2, 0) is 13.0 Å². The van der Waals surface area contributed by atoms with Crippen LogP contribution in [0.1, 0.15) is 59.2 Å². The summed E-state index contributed by atoms with van der Waals surface area (Å²) in [6.07, 6.45) is 2.99. The maximum Gasteiger partial charge on any atom is 0.352 e. The lowest BCUT2D eigenvalue weighted by atomic mass is 10.0. The van der Waals surface area contributed by atoms with Crippen molar-refractivity contribution in [2.45, 2.75) is 59.0 Å². The van der Waals surface area contributed by atoms with Gasteiger partial charge in [0.15, 0.2) is 5.65 Å². The minimum atomic E-state index is -0.295. The molecule has 1 amide bonds. The first-order chi connectivity index (χ1) is 19.2. The molecule has 8 nitrogen and oxygen atoms in total. The summed E-state index contributed by atoms with van der Waals surface area (Å²) in [6, 6.07) is 17.4. The van der Waals surface area contributed by atoms with Gasteiger partial charge in [0.1, 0.15) is 10.8 Å². The standard InChI is InChI=1S/C31H39ClN6O2/c1-6-26(36(19-11-10-18-35(4)5)30(39)25-16-14-22(2)15-17-25)20-27-33-29-28(32)23(3)34-38(29)31(40)37(27)21-24-12-8-7-9-13-24/h7-9,12-17,26H,6,10-11,18-21H2,1-5H3. The molecular formula is C31H39ClN6O2. The van der Waals surface area contributed by atoms with Gasteiger partial charge in [0.2, 0.25) is 0 Å². The van der Waals surface area contributed by atoms with Crippen molar-refractivity contribution in [1.82, 2.24) is 29.0 Å². The number of carbonyl (C=O) groups excluding carboxylic acids is 1. The molecule has 0 bridgehead atoms. The summed E-state index contributed by atoms with van der Waals surface area (Å²) in [4.78, 5) is 36.6. The number of halogens is 1. The smallest absolute Gasteiger partial charge is 0.335 e. The summed E-state index contributed by atoms with van der Waals surface area (Å²) < 4.78 is 2.94. The molecule has 1 unspecified atom stereocenters. The third-order valence-corrected chi connectivity index (χ3v) is 7.69. The van der Waals surface area contributed by atoms with Crippen LogP contribution in [0.4, 0.5) is 0 Å². The normalized spacial score (nSPS) is 12.3. The summed E-state index contributed by atoms with van der Waals surface area (Å²) in [7, 11) is 4.11. The SMILES string of the molecule is CCC(Cc1nc2c(Cl)c(C)nn2c(=O)n1Cc1ccccc1)N(CCCCN(C)C)C(=O)c1ccc(C)cc1. The second-order valence-corrected chi connectivity index (χ2v) is 11.0. The molecule has 0 saturated carbocycles. The number of fused-ring (bicyclic) bond motifs is 1. The fourth-order valence-corrected chi connectivity index (χ4v) is 5.08. The number of unbranched alkanes of at least 4 members (excludes halogenated alkanes) is 1. The third-order valence-electron chi connectivity index (χ3n) is 7.25. The van der Waals surface area contributed by atoms with Crippen LogP contribution in [0.15, 0.2) is 59.4 Å². The summed E-state index contributed by atoms with van der Waals surface area (Å²) in [6.45, 7) is 7.78. The van der Waals surface area contributed by atoms with Crippen molar-refractivity contribution in [3.8, 4) is 0 Å². The van der Waals surface area contributed by atoms with Crippen LogP contribution < -0.4 is 5.69 Å². The average Bonchev–Trinajstić information content (AvgIpc) is 3.23. The number of hydrogen-bond donors (Lipinski definition) is 0. The quantitative estimate of drug-likeness (QED) is 0.227. The zero-order chi connectivity index (χ0) is 28.8. The zero-order valence-corrected chi connectivity index (χ0v) is 24.9. The third kappa shape index (κ3) is 6.80. The molecule has 0 aliphatic heterocycles. The largest absolute Gasteiger partial charge is 0.352 e. The molecule has 0 N–H and O–H groups in total. The van der Waals surface area contributed by atoms with Crippen LogP contribution in [-0.4, -0.2) is 68.1 Å². The Bertz CT molecular complexity index is 1490. The Kier molecular flexibility index (Phi) is 9.76. The zero-order valence-electron chi connectivity index (χ0n) is 24.1. The first-order valence-corrected chi connectivity index (χ1v) is 14.3. The molecular weight excluding hydrogens is 524 g/mol. The lowest BCUT2D eigenvalue weighted by Crippen LogP contribution is -2.43. The fourth-order valence-electron chi connectivity index (χ4n) is 4.92. The summed E-state index contributed by atoms with van der Waals surface area (Å²) in [5, 5.41) is 4.72. The Morgan fingerprint density at radius 3 is 2.33 bits per heavy atom. The number of rotatable bonds is 12. The number of benzene rings is 2. The molecule has 0 aliphatic rings. The topological polar surface area (TPSA) is 75.7 Å². The molecule has 212 valence electrons. The Morgan fingerprint density at radius 1 is 1.00 bits per heavy atom. The van der Waals surface area contributed by atoms with Crippen molar-refractivity contribution in [2.24, 2.45) is 0 Å². The van der Waals surface area contributed by atoms with E-state index in [1.54, 1.807) is 11.5 Å². The second kappa shape index (κ2) is 13.2. The molecule has 4 aromatic rings. The van der Waals surface area contributed by atoms with Gasteiger partial charge in [-0.2, -0.15) is 9.61 Å². The number of nitrogens with zero attached hydrogens (tertiary/aromatic N) is 6. The minimum Gasteiger partial charge on any atom is -0.335 e. The number of amides is 1. The van der Waals surface area contributed by atoms with E-state index in [-0.39, 0.29) is 17.6 Å². The van der Waals surface area contributed by atoms with Crippen molar-refractivity contribution in [2.75, 3.05) is 27.2 Å². The van der Waals surface area contributed by atoms with E-state index in [0.29, 0.717) is 53.7 Å². The minimum absolute atomic E-state index is 0.00651. The predicted octanol–water partition coefficient (Wildman–Crippen LogP) is 5.01. The molecule has 0 spiro atoms. The number of hydrogen-bond acceptors (Lipinski definition) is 5. The van der Waals surface area contributed by atoms with Gasteiger partial charge in [-0.15, -0.1) is 0 Å². The number of aryl methyl sites for hydroxylation is 2. The van der Waals surface area contributed by atoms with Gasteiger partial charge in [-0.3, -0.25) is 9.36 Å².